The van der Waals surface area contributed by atoms with Gasteiger partial charge in [-0.1, -0.05) is 55.4 Å². The lowest BCUT2D eigenvalue weighted by Crippen LogP contribution is -2.19. The van der Waals surface area contributed by atoms with Gasteiger partial charge in [0.2, 0.25) is 5.91 Å². The van der Waals surface area contributed by atoms with Crippen molar-refractivity contribution in [2.75, 3.05) is 11.9 Å². The number of hydrogen-bond donors (Lipinski definition) is 1. The minimum atomic E-state index is -0.145. The van der Waals surface area contributed by atoms with Crippen molar-refractivity contribution in [1.29, 1.82) is 0 Å². The van der Waals surface area contributed by atoms with E-state index in [1.54, 1.807) is 6.08 Å². The summed E-state index contributed by atoms with van der Waals surface area (Å²) in [7, 11) is 0. The predicted molar refractivity (Wildman–Crippen MR) is 132 cm³/mol. The van der Waals surface area contributed by atoms with Crippen LogP contribution < -0.4 is 10.1 Å². The molecule has 0 bridgehead atoms. The number of rotatable bonds is 8. The zero-order valence-electron chi connectivity index (χ0n) is 19.9. The van der Waals surface area contributed by atoms with E-state index >= 15 is 0 Å². The lowest BCUT2D eigenvalue weighted by Gasteiger charge is -2.32. The molecule has 1 aliphatic rings. The molecule has 0 aliphatic heterocycles. The lowest BCUT2D eigenvalue weighted by atomic mass is 9.72. The van der Waals surface area contributed by atoms with Crippen molar-refractivity contribution in [2.45, 2.75) is 60.8 Å². The molecule has 0 heterocycles. The average Bonchev–Trinajstić information content (AvgIpc) is 2.68. The highest BCUT2D eigenvalue weighted by atomic mass is 16.5. The van der Waals surface area contributed by atoms with Crippen LogP contribution in [-0.4, -0.2) is 12.5 Å². The Balaban J connectivity index is 1.93. The largest absolute Gasteiger partial charge is 0.494 e. The van der Waals surface area contributed by atoms with Crippen LogP contribution in [0.4, 0.5) is 5.69 Å². The Kier molecular flexibility index (Phi) is 9.11. The van der Waals surface area contributed by atoms with E-state index in [0.29, 0.717) is 6.61 Å². The molecule has 3 heteroatoms. The molecule has 0 fully saturated rings. The summed E-state index contributed by atoms with van der Waals surface area (Å²) in [6, 6.07) is 7.38. The maximum absolute atomic E-state index is 12.2. The molecule has 0 saturated carbocycles. The number of hydrogen-bond acceptors (Lipinski definition) is 2. The van der Waals surface area contributed by atoms with E-state index in [-0.39, 0.29) is 11.3 Å². The van der Waals surface area contributed by atoms with Crippen molar-refractivity contribution in [2.24, 2.45) is 5.41 Å². The first-order chi connectivity index (χ1) is 14.7. The van der Waals surface area contributed by atoms with Gasteiger partial charge in [0.05, 0.1) is 6.61 Å². The molecule has 0 spiro atoms. The summed E-state index contributed by atoms with van der Waals surface area (Å²) in [5, 5.41) is 2.87. The van der Waals surface area contributed by atoms with Crippen LogP contribution in [0.2, 0.25) is 0 Å². The van der Waals surface area contributed by atoms with Crippen molar-refractivity contribution in [3.05, 3.63) is 83.0 Å². The number of carbonyl (C=O) groups is 1. The third kappa shape index (κ3) is 8.09. The second-order valence-corrected chi connectivity index (χ2v) is 8.87. The molecule has 0 saturated heterocycles. The molecule has 1 N–H and O–H groups in total. The van der Waals surface area contributed by atoms with E-state index in [1.165, 1.54) is 36.0 Å². The van der Waals surface area contributed by atoms with Crippen LogP contribution in [0.5, 0.6) is 5.75 Å². The molecule has 1 amide bonds. The van der Waals surface area contributed by atoms with Gasteiger partial charge in [0.1, 0.15) is 5.75 Å². The summed E-state index contributed by atoms with van der Waals surface area (Å²) in [4.78, 5) is 12.2. The van der Waals surface area contributed by atoms with Crippen LogP contribution >= 0.6 is 0 Å². The van der Waals surface area contributed by atoms with Gasteiger partial charge in [-0.05, 0) is 87.8 Å². The molecule has 2 rings (SSSR count). The number of ether oxygens (including phenoxy) is 1. The molecule has 1 aliphatic carbocycles. The Morgan fingerprint density at radius 2 is 1.84 bits per heavy atom. The third-order valence-electron chi connectivity index (χ3n) is 5.57. The van der Waals surface area contributed by atoms with Crippen LogP contribution in [0.3, 0.4) is 0 Å². The fraction of sp³-hybridized carbons (Fsp3) is 0.393. The molecule has 0 radical (unpaired) electrons. The molecule has 3 nitrogen and oxygen atoms in total. The van der Waals surface area contributed by atoms with Crippen molar-refractivity contribution < 1.29 is 9.53 Å². The van der Waals surface area contributed by atoms with Crippen LogP contribution in [0.25, 0.3) is 0 Å². The highest BCUT2D eigenvalue weighted by Gasteiger charge is 2.26. The Labute approximate surface area is 188 Å². The van der Waals surface area contributed by atoms with E-state index in [1.807, 2.05) is 50.3 Å². The molecule has 0 atom stereocenters. The minimum absolute atomic E-state index is 0.145. The van der Waals surface area contributed by atoms with Gasteiger partial charge < -0.3 is 10.1 Å². The zero-order valence-corrected chi connectivity index (χ0v) is 19.9. The van der Waals surface area contributed by atoms with Gasteiger partial charge in [-0.3, -0.25) is 4.79 Å². The fourth-order valence-corrected chi connectivity index (χ4v) is 3.87. The van der Waals surface area contributed by atoms with Gasteiger partial charge >= 0.3 is 0 Å². The van der Waals surface area contributed by atoms with E-state index in [2.05, 4.69) is 51.2 Å². The summed E-state index contributed by atoms with van der Waals surface area (Å²) in [6.07, 6.45) is 15.8. The molecule has 166 valence electrons. The number of anilines is 1. The number of amides is 1. The van der Waals surface area contributed by atoms with Gasteiger partial charge in [0.25, 0.3) is 0 Å². The summed E-state index contributed by atoms with van der Waals surface area (Å²) in [5.41, 5.74) is 6.06. The Morgan fingerprint density at radius 1 is 1.13 bits per heavy atom. The maximum Gasteiger partial charge on any atom is 0.248 e. The van der Waals surface area contributed by atoms with Gasteiger partial charge in [-0.15, -0.1) is 0 Å². The lowest BCUT2D eigenvalue weighted by molar-refractivity contribution is -0.111. The zero-order chi connectivity index (χ0) is 22.9. The first-order valence-electron chi connectivity index (χ1n) is 11.2. The highest BCUT2D eigenvalue weighted by Crippen LogP contribution is 2.40. The highest BCUT2D eigenvalue weighted by molar-refractivity contribution is 6.00. The minimum Gasteiger partial charge on any atom is -0.494 e. The predicted octanol–water partition coefficient (Wildman–Crippen LogP) is 7.56. The Morgan fingerprint density at radius 3 is 2.48 bits per heavy atom. The second-order valence-electron chi connectivity index (χ2n) is 8.87. The van der Waals surface area contributed by atoms with E-state index < -0.39 is 0 Å². The average molecular weight is 420 g/mol. The van der Waals surface area contributed by atoms with Crippen molar-refractivity contribution in [3.8, 4) is 5.75 Å². The molecular weight excluding hydrogens is 382 g/mol. The second kappa shape index (κ2) is 11.5. The first kappa shape index (κ1) is 24.5. The summed E-state index contributed by atoms with van der Waals surface area (Å²) < 4.78 is 5.41. The SMILES string of the molecule is CCOc1ccc(NC(=O)/C=C(C)/C=C/C=C(C)\C=C\C2=C(C)CCCC2(C)C)cc1. The van der Waals surface area contributed by atoms with Gasteiger partial charge in [-0.25, -0.2) is 0 Å². The van der Waals surface area contributed by atoms with Crippen LogP contribution in [0.15, 0.2) is 83.0 Å². The first-order valence-corrected chi connectivity index (χ1v) is 11.2. The number of benzene rings is 1. The summed E-state index contributed by atoms with van der Waals surface area (Å²) in [5.74, 6) is 0.652. The molecule has 0 unspecified atom stereocenters. The van der Waals surface area contributed by atoms with Crippen molar-refractivity contribution >= 4 is 11.6 Å². The number of allylic oxidation sites excluding steroid dienone is 9. The molecule has 31 heavy (non-hydrogen) atoms. The maximum atomic E-state index is 12.2. The fourth-order valence-electron chi connectivity index (χ4n) is 3.87. The summed E-state index contributed by atoms with van der Waals surface area (Å²) in [6.45, 7) is 13.5. The van der Waals surface area contributed by atoms with Gasteiger partial charge in [-0.2, -0.15) is 0 Å². The summed E-state index contributed by atoms with van der Waals surface area (Å²) >= 11 is 0. The van der Waals surface area contributed by atoms with Gasteiger partial charge in [0.15, 0.2) is 0 Å². The monoisotopic (exact) mass is 419 g/mol. The topological polar surface area (TPSA) is 38.3 Å². The quantitative estimate of drug-likeness (QED) is 0.349. The van der Waals surface area contributed by atoms with Crippen LogP contribution in [-0.2, 0) is 4.79 Å². The van der Waals surface area contributed by atoms with E-state index in [4.69, 9.17) is 4.74 Å². The normalized spacial score (nSPS) is 17.5. The van der Waals surface area contributed by atoms with E-state index in [9.17, 15) is 4.79 Å². The van der Waals surface area contributed by atoms with Crippen LogP contribution in [0.1, 0.15) is 60.8 Å². The Bertz CT molecular complexity index is 909. The molecule has 0 aromatic heterocycles. The third-order valence-corrected chi connectivity index (χ3v) is 5.57. The van der Waals surface area contributed by atoms with Gasteiger partial charge in [0, 0.05) is 11.8 Å². The molecule has 1 aromatic carbocycles. The van der Waals surface area contributed by atoms with E-state index in [0.717, 1.165) is 17.0 Å². The molecular formula is C28H37NO2. The van der Waals surface area contributed by atoms with Crippen molar-refractivity contribution in [1.82, 2.24) is 0 Å². The number of carbonyl (C=O) groups excluding carboxylic acids is 1. The smallest absolute Gasteiger partial charge is 0.248 e. The standard InChI is InChI=1S/C28H37NO2/c1-7-31-25-16-14-24(15-17-25)29-27(30)20-22(3)11-8-10-21(2)13-18-26-23(4)12-9-19-28(26,5)6/h8,10-11,13-18,20H,7,9,12,19H2,1-6H3,(H,29,30)/b11-8+,18-13+,21-10-,22-20+. The molecule has 1 aromatic rings. The number of nitrogens with one attached hydrogen (secondary N) is 1. The van der Waals surface area contributed by atoms with Crippen molar-refractivity contribution in [3.63, 3.8) is 0 Å². The van der Waals surface area contributed by atoms with Crippen LogP contribution in [0, 0.1) is 5.41 Å². The Hall–Kier alpha value is -2.81.